The second-order valence-corrected chi connectivity index (χ2v) is 3.45. The third-order valence-corrected chi connectivity index (χ3v) is 2.37. The Hall–Kier alpha value is -2.37. The van der Waals surface area contributed by atoms with Crippen molar-refractivity contribution in [2.45, 2.75) is 0 Å². The minimum absolute atomic E-state index is 0.0687. The first-order valence-electron chi connectivity index (χ1n) is 4.91. The summed E-state index contributed by atoms with van der Waals surface area (Å²) in [6, 6.07) is 7.10. The summed E-state index contributed by atoms with van der Waals surface area (Å²) in [5, 5.41) is 16.4. The summed E-state index contributed by atoms with van der Waals surface area (Å²) in [6.45, 7) is 0. The van der Waals surface area contributed by atoms with E-state index in [4.69, 9.17) is 9.84 Å². The molecule has 88 valence electrons. The van der Waals surface area contributed by atoms with Gasteiger partial charge in [0.05, 0.1) is 7.11 Å². The smallest absolute Gasteiger partial charge is 0.358 e. The SMILES string of the molecule is COc1cccc(-c2c(C(=O)O)nnn2C)c1. The van der Waals surface area contributed by atoms with E-state index < -0.39 is 5.97 Å². The predicted octanol–water partition coefficient (Wildman–Crippen LogP) is 1.19. The van der Waals surface area contributed by atoms with Gasteiger partial charge in [-0.05, 0) is 12.1 Å². The third-order valence-electron chi connectivity index (χ3n) is 2.37. The van der Waals surface area contributed by atoms with Crippen LogP contribution in [0.2, 0.25) is 0 Å². The van der Waals surface area contributed by atoms with Gasteiger partial charge in [0, 0.05) is 12.6 Å². The number of nitrogens with zero attached hydrogens (tertiary/aromatic N) is 3. The Bertz CT molecular complexity index is 563. The fourth-order valence-corrected chi connectivity index (χ4v) is 1.60. The highest BCUT2D eigenvalue weighted by molar-refractivity contribution is 5.92. The molecule has 2 rings (SSSR count). The summed E-state index contributed by atoms with van der Waals surface area (Å²) in [4.78, 5) is 11.0. The summed E-state index contributed by atoms with van der Waals surface area (Å²) in [5.74, 6) is -0.448. The molecular formula is C11H11N3O3. The maximum absolute atomic E-state index is 11.0. The average Bonchev–Trinajstić information content (AvgIpc) is 2.71. The van der Waals surface area contributed by atoms with Crippen molar-refractivity contribution in [1.29, 1.82) is 0 Å². The highest BCUT2D eigenvalue weighted by Crippen LogP contribution is 2.25. The Labute approximate surface area is 97.4 Å². The van der Waals surface area contributed by atoms with Crippen molar-refractivity contribution >= 4 is 5.97 Å². The predicted molar refractivity (Wildman–Crippen MR) is 60.0 cm³/mol. The Morgan fingerprint density at radius 1 is 1.47 bits per heavy atom. The van der Waals surface area contributed by atoms with Crippen LogP contribution < -0.4 is 4.74 Å². The fraction of sp³-hybridized carbons (Fsp3) is 0.182. The van der Waals surface area contributed by atoms with Crippen LogP contribution in [0.15, 0.2) is 24.3 Å². The lowest BCUT2D eigenvalue weighted by atomic mass is 10.1. The van der Waals surface area contributed by atoms with Crippen molar-refractivity contribution < 1.29 is 14.6 Å². The number of aromatic carboxylic acids is 1. The highest BCUT2D eigenvalue weighted by atomic mass is 16.5. The van der Waals surface area contributed by atoms with E-state index in [2.05, 4.69) is 10.3 Å². The molecule has 0 saturated carbocycles. The Balaban J connectivity index is 2.59. The van der Waals surface area contributed by atoms with Gasteiger partial charge in [-0.15, -0.1) is 5.10 Å². The van der Waals surface area contributed by atoms with Crippen LogP contribution in [0.3, 0.4) is 0 Å². The molecule has 6 heteroatoms. The first kappa shape index (κ1) is 11.1. The number of carbonyl (C=O) groups is 1. The van der Waals surface area contributed by atoms with E-state index in [0.29, 0.717) is 17.0 Å². The highest BCUT2D eigenvalue weighted by Gasteiger charge is 2.18. The largest absolute Gasteiger partial charge is 0.497 e. The zero-order valence-corrected chi connectivity index (χ0v) is 9.41. The summed E-state index contributed by atoms with van der Waals surface area (Å²) < 4.78 is 6.52. The topological polar surface area (TPSA) is 77.2 Å². The van der Waals surface area contributed by atoms with E-state index in [1.54, 1.807) is 38.4 Å². The lowest BCUT2D eigenvalue weighted by Gasteiger charge is -2.05. The summed E-state index contributed by atoms with van der Waals surface area (Å²) in [5.41, 5.74) is 1.09. The molecule has 1 aromatic carbocycles. The number of rotatable bonds is 3. The summed E-state index contributed by atoms with van der Waals surface area (Å²) in [7, 11) is 3.20. The molecule has 17 heavy (non-hydrogen) atoms. The number of carboxylic acid groups (broad SMARTS) is 1. The second-order valence-electron chi connectivity index (χ2n) is 3.45. The van der Waals surface area contributed by atoms with E-state index in [1.165, 1.54) is 4.68 Å². The number of aromatic nitrogens is 3. The van der Waals surface area contributed by atoms with E-state index in [9.17, 15) is 4.79 Å². The van der Waals surface area contributed by atoms with Gasteiger partial charge < -0.3 is 9.84 Å². The molecule has 6 nitrogen and oxygen atoms in total. The Morgan fingerprint density at radius 2 is 2.24 bits per heavy atom. The normalized spacial score (nSPS) is 10.2. The number of hydrogen-bond donors (Lipinski definition) is 1. The van der Waals surface area contributed by atoms with Gasteiger partial charge in [0.2, 0.25) is 0 Å². The molecule has 0 bridgehead atoms. The van der Waals surface area contributed by atoms with Gasteiger partial charge in [0.25, 0.3) is 0 Å². The maximum Gasteiger partial charge on any atom is 0.358 e. The van der Waals surface area contributed by atoms with Gasteiger partial charge in [0.1, 0.15) is 11.4 Å². The number of benzene rings is 1. The zero-order valence-electron chi connectivity index (χ0n) is 9.41. The molecule has 1 N–H and O–H groups in total. The van der Waals surface area contributed by atoms with Gasteiger partial charge >= 0.3 is 5.97 Å². The number of hydrogen-bond acceptors (Lipinski definition) is 4. The molecule has 1 heterocycles. The maximum atomic E-state index is 11.0. The quantitative estimate of drug-likeness (QED) is 0.861. The molecule has 0 aliphatic carbocycles. The first-order valence-corrected chi connectivity index (χ1v) is 4.91. The van der Waals surface area contributed by atoms with Crippen LogP contribution >= 0.6 is 0 Å². The van der Waals surface area contributed by atoms with Crippen LogP contribution in [0, 0.1) is 0 Å². The van der Waals surface area contributed by atoms with Crippen LogP contribution in [-0.4, -0.2) is 33.2 Å². The number of aryl methyl sites for hydroxylation is 1. The number of carboxylic acids is 1. The van der Waals surface area contributed by atoms with Crippen molar-refractivity contribution in [2.24, 2.45) is 7.05 Å². The molecular weight excluding hydrogens is 222 g/mol. The van der Waals surface area contributed by atoms with Crippen LogP contribution in [0.4, 0.5) is 0 Å². The molecule has 1 aromatic heterocycles. The first-order chi connectivity index (χ1) is 8.13. The van der Waals surface area contributed by atoms with Gasteiger partial charge in [-0.2, -0.15) is 0 Å². The lowest BCUT2D eigenvalue weighted by Crippen LogP contribution is -2.01. The van der Waals surface area contributed by atoms with Crippen LogP contribution in [-0.2, 0) is 7.05 Å². The zero-order chi connectivity index (χ0) is 12.4. The van der Waals surface area contributed by atoms with Crippen LogP contribution in [0.5, 0.6) is 5.75 Å². The minimum Gasteiger partial charge on any atom is -0.497 e. The number of methoxy groups -OCH3 is 1. The van der Waals surface area contributed by atoms with Crippen molar-refractivity contribution in [1.82, 2.24) is 15.0 Å². The van der Waals surface area contributed by atoms with Gasteiger partial charge in [-0.3, -0.25) is 0 Å². The van der Waals surface area contributed by atoms with E-state index >= 15 is 0 Å². The fourth-order valence-electron chi connectivity index (χ4n) is 1.60. The Kier molecular flexibility index (Phi) is 2.78. The molecule has 0 amide bonds. The monoisotopic (exact) mass is 233 g/mol. The van der Waals surface area contributed by atoms with Gasteiger partial charge in [-0.1, -0.05) is 17.3 Å². The third kappa shape index (κ3) is 1.96. The minimum atomic E-state index is -1.10. The van der Waals surface area contributed by atoms with Crippen molar-refractivity contribution in [2.75, 3.05) is 7.11 Å². The average molecular weight is 233 g/mol. The molecule has 0 atom stereocenters. The van der Waals surface area contributed by atoms with Crippen molar-refractivity contribution in [3.05, 3.63) is 30.0 Å². The molecule has 0 fully saturated rings. The molecule has 0 saturated heterocycles. The van der Waals surface area contributed by atoms with E-state index in [0.717, 1.165) is 0 Å². The standard InChI is InChI=1S/C11H11N3O3/c1-14-10(9(11(15)16)12-13-14)7-4-3-5-8(6-7)17-2/h3-6H,1-2H3,(H,15,16). The molecule has 2 aromatic rings. The van der Waals surface area contributed by atoms with Crippen molar-refractivity contribution in [3.8, 4) is 17.0 Å². The van der Waals surface area contributed by atoms with Crippen LogP contribution in [0.1, 0.15) is 10.5 Å². The lowest BCUT2D eigenvalue weighted by molar-refractivity contribution is 0.0691. The second kappa shape index (κ2) is 4.25. The van der Waals surface area contributed by atoms with E-state index in [1.807, 2.05) is 0 Å². The number of ether oxygens (including phenoxy) is 1. The molecule has 0 aliphatic rings. The molecule has 0 spiro atoms. The van der Waals surface area contributed by atoms with Crippen molar-refractivity contribution in [3.63, 3.8) is 0 Å². The molecule has 0 aliphatic heterocycles. The van der Waals surface area contributed by atoms with Gasteiger partial charge in [0.15, 0.2) is 5.69 Å². The summed E-state index contributed by atoms with van der Waals surface area (Å²) in [6.07, 6.45) is 0. The molecule has 0 unspecified atom stereocenters. The summed E-state index contributed by atoms with van der Waals surface area (Å²) >= 11 is 0. The Morgan fingerprint density at radius 3 is 2.88 bits per heavy atom. The van der Waals surface area contributed by atoms with Gasteiger partial charge in [-0.25, -0.2) is 9.48 Å². The molecule has 0 radical (unpaired) electrons. The van der Waals surface area contributed by atoms with E-state index in [-0.39, 0.29) is 5.69 Å². The van der Waals surface area contributed by atoms with Crippen LogP contribution in [0.25, 0.3) is 11.3 Å².